The Morgan fingerprint density at radius 1 is 1.12 bits per heavy atom. The number of imidazole rings is 1. The summed E-state index contributed by atoms with van der Waals surface area (Å²) in [6.45, 7) is 4.24. The highest BCUT2D eigenvalue weighted by Gasteiger charge is 2.20. The van der Waals surface area contributed by atoms with Gasteiger partial charge in [-0.25, -0.2) is 24.3 Å². The van der Waals surface area contributed by atoms with E-state index in [1.54, 1.807) is 19.3 Å². The molecule has 0 atom stereocenters. The second kappa shape index (κ2) is 8.70. The van der Waals surface area contributed by atoms with E-state index in [2.05, 4.69) is 36.9 Å². The Morgan fingerprint density at radius 3 is 2.67 bits per heavy atom. The lowest BCUT2D eigenvalue weighted by molar-refractivity contribution is 0.110. The molecule has 0 aromatic carbocycles. The van der Waals surface area contributed by atoms with Crippen molar-refractivity contribution in [1.82, 2.24) is 34.4 Å². The number of nitrogens with two attached hydrogens (primary N) is 1. The summed E-state index contributed by atoms with van der Waals surface area (Å²) < 4.78 is 21.8. The molecular formula is C23H25FN8O. The molecule has 1 saturated heterocycles. The molecule has 0 radical (unpaired) electrons. The maximum atomic E-state index is 13.9. The van der Waals surface area contributed by atoms with Gasteiger partial charge in [-0.05, 0) is 38.4 Å². The number of rotatable bonds is 5. The molecule has 4 aromatic heterocycles. The summed E-state index contributed by atoms with van der Waals surface area (Å²) in [4.78, 5) is 24.2. The molecule has 4 aromatic rings. The van der Waals surface area contributed by atoms with Crippen LogP contribution < -0.4 is 10.5 Å². The van der Waals surface area contributed by atoms with Gasteiger partial charge in [-0.15, -0.1) is 0 Å². The number of fused-ring (bicyclic) bond motifs is 1. The molecule has 1 fully saturated rings. The Morgan fingerprint density at radius 2 is 1.94 bits per heavy atom. The van der Waals surface area contributed by atoms with Crippen LogP contribution in [0.25, 0.3) is 22.6 Å². The summed E-state index contributed by atoms with van der Waals surface area (Å²) >= 11 is 0. The van der Waals surface area contributed by atoms with Crippen LogP contribution in [0.4, 0.5) is 10.2 Å². The van der Waals surface area contributed by atoms with Crippen molar-refractivity contribution < 1.29 is 9.13 Å². The van der Waals surface area contributed by atoms with E-state index in [1.807, 2.05) is 16.7 Å². The first-order valence-electron chi connectivity index (χ1n) is 10.9. The zero-order valence-corrected chi connectivity index (χ0v) is 18.6. The van der Waals surface area contributed by atoms with Crippen LogP contribution in [0.2, 0.25) is 0 Å². The first kappa shape index (κ1) is 21.2. The number of halogens is 1. The summed E-state index contributed by atoms with van der Waals surface area (Å²) in [5.41, 5.74) is 8.60. The quantitative estimate of drug-likeness (QED) is 0.497. The highest BCUT2D eigenvalue weighted by atomic mass is 19.1. The van der Waals surface area contributed by atoms with Crippen LogP contribution in [0, 0.1) is 12.7 Å². The standard InChI is InChI=1S/C23H25FN8O/c1-14-28-21(25)20-23(29-14)32(22(30-20)16-9-17(24)12-26-11-16)13-15-3-4-19(27-10-15)33-18-5-7-31(2)8-6-18/h3-4,9-12,18H,5-8,13H2,1-2H3,(H2,25,28,29). The molecule has 0 saturated carbocycles. The molecule has 0 spiro atoms. The number of piperidine rings is 1. The lowest BCUT2D eigenvalue weighted by Crippen LogP contribution is -2.35. The number of aryl methyl sites for hydroxylation is 1. The molecule has 9 nitrogen and oxygen atoms in total. The van der Waals surface area contributed by atoms with Gasteiger partial charge in [0.2, 0.25) is 5.88 Å². The van der Waals surface area contributed by atoms with Crippen molar-refractivity contribution in [3.8, 4) is 17.3 Å². The van der Waals surface area contributed by atoms with E-state index in [1.165, 1.54) is 6.07 Å². The number of ether oxygens (including phenoxy) is 1. The smallest absolute Gasteiger partial charge is 0.213 e. The monoisotopic (exact) mass is 448 g/mol. The summed E-state index contributed by atoms with van der Waals surface area (Å²) in [7, 11) is 2.12. The Kier molecular flexibility index (Phi) is 5.59. The maximum absolute atomic E-state index is 13.9. The number of likely N-dealkylation sites (tertiary alicyclic amines) is 1. The van der Waals surface area contributed by atoms with Gasteiger partial charge in [-0.3, -0.25) is 4.98 Å². The number of nitrogen functional groups attached to an aromatic ring is 1. The van der Waals surface area contributed by atoms with Crippen molar-refractivity contribution >= 4 is 17.0 Å². The van der Waals surface area contributed by atoms with Gasteiger partial charge in [0, 0.05) is 37.1 Å². The van der Waals surface area contributed by atoms with E-state index in [0.717, 1.165) is 37.7 Å². The van der Waals surface area contributed by atoms with Crippen molar-refractivity contribution in [2.45, 2.75) is 32.4 Å². The van der Waals surface area contributed by atoms with Gasteiger partial charge < -0.3 is 19.9 Å². The molecule has 5 heterocycles. The predicted octanol–water partition coefficient (Wildman–Crippen LogP) is 2.83. The molecular weight excluding hydrogens is 423 g/mol. The van der Waals surface area contributed by atoms with E-state index >= 15 is 0 Å². The fourth-order valence-corrected chi connectivity index (χ4v) is 4.07. The molecule has 2 N–H and O–H groups in total. The zero-order valence-electron chi connectivity index (χ0n) is 18.6. The van der Waals surface area contributed by atoms with Gasteiger partial charge in [0.05, 0.1) is 12.7 Å². The summed E-state index contributed by atoms with van der Waals surface area (Å²) in [5.74, 6) is 1.49. The SMILES string of the molecule is Cc1nc(N)c2nc(-c3cncc(F)c3)n(Cc3ccc(OC4CCN(C)CC4)nc3)c2n1. The molecule has 1 aliphatic heterocycles. The highest BCUT2D eigenvalue weighted by molar-refractivity contribution is 5.85. The molecule has 0 aliphatic carbocycles. The van der Waals surface area contributed by atoms with E-state index in [0.29, 0.717) is 40.8 Å². The molecule has 5 rings (SSSR count). The van der Waals surface area contributed by atoms with Crippen LogP contribution in [0.15, 0.2) is 36.8 Å². The number of hydrogen-bond donors (Lipinski definition) is 1. The van der Waals surface area contributed by atoms with Crippen molar-refractivity contribution in [3.05, 3.63) is 54.0 Å². The predicted molar refractivity (Wildman–Crippen MR) is 122 cm³/mol. The minimum atomic E-state index is -0.446. The van der Waals surface area contributed by atoms with Crippen molar-refractivity contribution in [3.63, 3.8) is 0 Å². The van der Waals surface area contributed by atoms with Crippen LogP contribution in [-0.4, -0.2) is 60.6 Å². The van der Waals surface area contributed by atoms with Crippen LogP contribution >= 0.6 is 0 Å². The molecule has 0 bridgehead atoms. The number of anilines is 1. The fraction of sp³-hybridized carbons (Fsp3) is 0.348. The highest BCUT2D eigenvalue weighted by Crippen LogP contribution is 2.27. The van der Waals surface area contributed by atoms with E-state index in [9.17, 15) is 4.39 Å². The van der Waals surface area contributed by atoms with Crippen LogP contribution in [0.1, 0.15) is 24.2 Å². The topological polar surface area (TPSA) is 108 Å². The summed E-state index contributed by atoms with van der Waals surface area (Å²) in [6, 6.07) is 5.23. The Labute approximate surface area is 190 Å². The van der Waals surface area contributed by atoms with E-state index < -0.39 is 5.82 Å². The van der Waals surface area contributed by atoms with Gasteiger partial charge >= 0.3 is 0 Å². The Bertz CT molecular complexity index is 1280. The Balaban J connectivity index is 1.46. The number of hydrogen-bond acceptors (Lipinski definition) is 8. The largest absolute Gasteiger partial charge is 0.474 e. The third kappa shape index (κ3) is 4.47. The molecule has 170 valence electrons. The minimum Gasteiger partial charge on any atom is -0.474 e. The summed E-state index contributed by atoms with van der Waals surface area (Å²) in [6.07, 6.45) is 6.67. The molecule has 33 heavy (non-hydrogen) atoms. The lowest BCUT2D eigenvalue weighted by atomic mass is 10.1. The van der Waals surface area contributed by atoms with Gasteiger partial charge in [0.25, 0.3) is 0 Å². The van der Waals surface area contributed by atoms with Crippen LogP contribution in [-0.2, 0) is 6.54 Å². The summed E-state index contributed by atoms with van der Waals surface area (Å²) in [5, 5.41) is 0. The van der Waals surface area contributed by atoms with Gasteiger partial charge in [-0.1, -0.05) is 6.07 Å². The fourth-order valence-electron chi connectivity index (χ4n) is 4.07. The number of aromatic nitrogens is 6. The average Bonchev–Trinajstić information content (AvgIpc) is 3.15. The van der Waals surface area contributed by atoms with Crippen molar-refractivity contribution in [2.75, 3.05) is 25.9 Å². The average molecular weight is 449 g/mol. The maximum Gasteiger partial charge on any atom is 0.213 e. The van der Waals surface area contributed by atoms with E-state index in [4.69, 9.17) is 10.5 Å². The number of pyridine rings is 2. The van der Waals surface area contributed by atoms with Crippen LogP contribution in [0.5, 0.6) is 5.88 Å². The molecule has 1 aliphatic rings. The van der Waals surface area contributed by atoms with Crippen LogP contribution in [0.3, 0.4) is 0 Å². The zero-order chi connectivity index (χ0) is 22.9. The third-order valence-corrected chi connectivity index (χ3v) is 5.79. The van der Waals surface area contributed by atoms with Crippen molar-refractivity contribution in [2.24, 2.45) is 0 Å². The van der Waals surface area contributed by atoms with Gasteiger partial charge in [0.15, 0.2) is 17.0 Å². The van der Waals surface area contributed by atoms with E-state index in [-0.39, 0.29) is 11.9 Å². The van der Waals surface area contributed by atoms with Gasteiger partial charge in [0.1, 0.15) is 23.6 Å². The first-order chi connectivity index (χ1) is 16.0. The minimum absolute atomic E-state index is 0.187. The second-order valence-corrected chi connectivity index (χ2v) is 8.37. The first-order valence-corrected chi connectivity index (χ1v) is 10.9. The lowest BCUT2D eigenvalue weighted by Gasteiger charge is -2.28. The Hall–Kier alpha value is -3.66. The second-order valence-electron chi connectivity index (χ2n) is 8.37. The third-order valence-electron chi connectivity index (χ3n) is 5.79. The van der Waals surface area contributed by atoms with Crippen molar-refractivity contribution in [1.29, 1.82) is 0 Å². The normalized spacial score (nSPS) is 15.2. The molecule has 10 heteroatoms. The molecule has 0 amide bonds. The number of nitrogens with zero attached hydrogens (tertiary/aromatic N) is 7. The molecule has 0 unspecified atom stereocenters. The van der Waals surface area contributed by atoms with Gasteiger partial charge in [-0.2, -0.15) is 0 Å².